The van der Waals surface area contributed by atoms with Crippen LogP contribution in [0.1, 0.15) is 17.5 Å². The molecule has 2 aromatic carbocycles. The van der Waals surface area contributed by atoms with Crippen molar-refractivity contribution in [3.05, 3.63) is 57.6 Å². The Balaban J connectivity index is 1.67. The average molecular weight is 451 g/mol. The SMILES string of the molecule is COc1ccc(CSCC(=O)N2CCCc3cc(S(C)(=O)=O)ccc32)cc1[N+](=O)[O-]. The summed E-state index contributed by atoms with van der Waals surface area (Å²) in [7, 11) is -1.92. The first-order valence-electron chi connectivity index (χ1n) is 9.23. The monoisotopic (exact) mass is 450 g/mol. The summed E-state index contributed by atoms with van der Waals surface area (Å²) < 4.78 is 28.6. The molecule has 0 radical (unpaired) electrons. The zero-order valence-electron chi connectivity index (χ0n) is 16.7. The van der Waals surface area contributed by atoms with Gasteiger partial charge < -0.3 is 9.64 Å². The van der Waals surface area contributed by atoms with E-state index in [2.05, 4.69) is 0 Å². The standard InChI is InChI=1S/C20H22N2O6S2/c1-28-19-8-5-14(10-18(19)22(24)25)12-29-13-20(23)21-9-3-4-15-11-16(30(2,26)27)6-7-17(15)21/h5-8,10-11H,3-4,9,12-13H2,1-2H3. The van der Waals surface area contributed by atoms with Crippen molar-refractivity contribution in [2.45, 2.75) is 23.5 Å². The molecule has 8 nitrogen and oxygen atoms in total. The van der Waals surface area contributed by atoms with Crippen LogP contribution in [0.2, 0.25) is 0 Å². The lowest BCUT2D eigenvalue weighted by Crippen LogP contribution is -2.36. The topological polar surface area (TPSA) is 107 Å². The van der Waals surface area contributed by atoms with Gasteiger partial charge in [0.25, 0.3) is 0 Å². The summed E-state index contributed by atoms with van der Waals surface area (Å²) in [5.41, 5.74) is 2.23. The lowest BCUT2D eigenvalue weighted by molar-refractivity contribution is -0.385. The van der Waals surface area contributed by atoms with Gasteiger partial charge in [-0.25, -0.2) is 8.42 Å². The van der Waals surface area contributed by atoms with E-state index in [4.69, 9.17) is 4.74 Å². The first-order valence-corrected chi connectivity index (χ1v) is 12.3. The van der Waals surface area contributed by atoms with Gasteiger partial charge >= 0.3 is 5.69 Å². The molecular weight excluding hydrogens is 428 g/mol. The van der Waals surface area contributed by atoms with Gasteiger partial charge in [-0.2, -0.15) is 0 Å². The molecule has 1 aliphatic rings. The Morgan fingerprint density at radius 2 is 2.03 bits per heavy atom. The Labute approximate surface area is 179 Å². The van der Waals surface area contributed by atoms with E-state index < -0.39 is 14.8 Å². The molecule has 30 heavy (non-hydrogen) atoms. The maximum absolute atomic E-state index is 12.8. The number of nitrogens with zero attached hydrogens (tertiary/aromatic N) is 2. The predicted molar refractivity (Wildman–Crippen MR) is 116 cm³/mol. The Hall–Kier alpha value is -2.59. The minimum atomic E-state index is -3.30. The molecule has 3 rings (SSSR count). The number of benzene rings is 2. The molecule has 1 amide bonds. The molecule has 0 aliphatic carbocycles. The van der Waals surface area contributed by atoms with Gasteiger partial charge in [-0.1, -0.05) is 6.07 Å². The summed E-state index contributed by atoms with van der Waals surface area (Å²) in [4.78, 5) is 25.4. The zero-order valence-corrected chi connectivity index (χ0v) is 18.3. The number of rotatable bonds is 7. The van der Waals surface area contributed by atoms with E-state index in [1.165, 1.54) is 37.3 Å². The maximum atomic E-state index is 12.8. The number of carbonyl (C=O) groups is 1. The highest BCUT2D eigenvalue weighted by molar-refractivity contribution is 7.99. The summed E-state index contributed by atoms with van der Waals surface area (Å²) in [5.74, 6) is 0.788. The number of anilines is 1. The van der Waals surface area contributed by atoms with Crippen LogP contribution in [0.25, 0.3) is 0 Å². The Kier molecular flexibility index (Phi) is 6.67. The van der Waals surface area contributed by atoms with Gasteiger partial charge in [0.15, 0.2) is 15.6 Å². The Morgan fingerprint density at radius 1 is 1.27 bits per heavy atom. The first-order chi connectivity index (χ1) is 14.2. The van der Waals surface area contributed by atoms with E-state index in [0.29, 0.717) is 12.3 Å². The van der Waals surface area contributed by atoms with Gasteiger partial charge in [0.1, 0.15) is 0 Å². The molecule has 0 unspecified atom stereocenters. The number of hydrogen-bond donors (Lipinski definition) is 0. The zero-order chi connectivity index (χ0) is 21.9. The number of fused-ring (bicyclic) bond motifs is 1. The van der Waals surface area contributed by atoms with Gasteiger partial charge in [0.05, 0.1) is 22.7 Å². The normalized spacial score (nSPS) is 13.6. The Morgan fingerprint density at radius 3 is 2.70 bits per heavy atom. The molecule has 1 aliphatic heterocycles. The molecule has 0 spiro atoms. The van der Waals surface area contributed by atoms with Gasteiger partial charge in [-0.15, -0.1) is 11.8 Å². The first kappa shape index (κ1) is 22.1. The van der Waals surface area contributed by atoms with Gasteiger partial charge in [-0.05, 0) is 48.2 Å². The Bertz CT molecular complexity index is 1080. The van der Waals surface area contributed by atoms with Crippen LogP contribution < -0.4 is 9.64 Å². The third-order valence-corrected chi connectivity index (χ3v) is 6.93. The summed E-state index contributed by atoms with van der Waals surface area (Å²) >= 11 is 1.37. The van der Waals surface area contributed by atoms with E-state index in [9.17, 15) is 23.3 Å². The lowest BCUT2D eigenvalue weighted by atomic mass is 10.0. The van der Waals surface area contributed by atoms with Crippen LogP contribution >= 0.6 is 11.8 Å². The number of hydrogen-bond acceptors (Lipinski definition) is 7. The van der Waals surface area contributed by atoms with Crippen LogP contribution in [-0.4, -0.2) is 44.9 Å². The van der Waals surface area contributed by atoms with Crippen molar-refractivity contribution in [1.82, 2.24) is 0 Å². The van der Waals surface area contributed by atoms with Gasteiger partial charge in [-0.3, -0.25) is 14.9 Å². The maximum Gasteiger partial charge on any atom is 0.311 e. The van der Waals surface area contributed by atoms with Crippen LogP contribution in [0.3, 0.4) is 0 Å². The van der Waals surface area contributed by atoms with E-state index >= 15 is 0 Å². The van der Waals surface area contributed by atoms with E-state index in [-0.39, 0.29) is 28.0 Å². The molecule has 0 saturated carbocycles. The van der Waals surface area contributed by atoms with Crippen molar-refractivity contribution in [1.29, 1.82) is 0 Å². The second-order valence-corrected chi connectivity index (χ2v) is 9.97. The minimum Gasteiger partial charge on any atom is -0.490 e. The van der Waals surface area contributed by atoms with Crippen LogP contribution in [0.5, 0.6) is 5.75 Å². The van der Waals surface area contributed by atoms with E-state index in [1.807, 2.05) is 0 Å². The number of thioether (sulfide) groups is 1. The summed E-state index contributed by atoms with van der Waals surface area (Å²) in [6.07, 6.45) is 2.66. The van der Waals surface area contributed by atoms with Gasteiger partial charge in [0, 0.05) is 30.3 Å². The largest absolute Gasteiger partial charge is 0.490 e. The number of nitro groups is 1. The molecule has 2 aromatic rings. The van der Waals surface area contributed by atoms with Crippen molar-refractivity contribution < 1.29 is 22.9 Å². The summed E-state index contributed by atoms with van der Waals surface area (Å²) in [6.45, 7) is 0.582. The average Bonchev–Trinajstić information content (AvgIpc) is 2.72. The highest BCUT2D eigenvalue weighted by Gasteiger charge is 2.24. The number of aryl methyl sites for hydroxylation is 1. The summed E-state index contributed by atoms with van der Waals surface area (Å²) in [6, 6.07) is 9.62. The minimum absolute atomic E-state index is 0.0731. The molecule has 160 valence electrons. The number of ether oxygens (including phenoxy) is 1. The van der Waals surface area contributed by atoms with Crippen molar-refractivity contribution in [3.63, 3.8) is 0 Å². The smallest absolute Gasteiger partial charge is 0.311 e. The third-order valence-electron chi connectivity index (χ3n) is 4.83. The number of sulfone groups is 1. The highest BCUT2D eigenvalue weighted by atomic mass is 32.2. The van der Waals surface area contributed by atoms with Crippen LogP contribution in [0.4, 0.5) is 11.4 Å². The van der Waals surface area contributed by atoms with Crippen molar-refractivity contribution in [2.24, 2.45) is 0 Å². The number of methoxy groups -OCH3 is 1. The highest BCUT2D eigenvalue weighted by Crippen LogP contribution is 2.31. The fourth-order valence-corrected chi connectivity index (χ4v) is 4.88. The predicted octanol–water partition coefficient (Wildman–Crippen LogP) is 3.22. The fraction of sp³-hybridized carbons (Fsp3) is 0.350. The van der Waals surface area contributed by atoms with Gasteiger partial charge in [0.2, 0.25) is 5.91 Å². The number of amides is 1. The van der Waals surface area contributed by atoms with Crippen LogP contribution in [-0.2, 0) is 26.8 Å². The summed E-state index contributed by atoms with van der Waals surface area (Å²) in [5, 5.41) is 11.1. The molecule has 0 N–H and O–H groups in total. The quantitative estimate of drug-likeness (QED) is 0.471. The third kappa shape index (κ3) is 4.93. The van der Waals surface area contributed by atoms with Crippen molar-refractivity contribution in [3.8, 4) is 5.75 Å². The second-order valence-electron chi connectivity index (χ2n) is 6.97. The van der Waals surface area contributed by atoms with Crippen molar-refractivity contribution in [2.75, 3.05) is 30.6 Å². The lowest BCUT2D eigenvalue weighted by Gasteiger charge is -2.29. The molecule has 0 fully saturated rings. The number of carbonyl (C=O) groups excluding carboxylic acids is 1. The molecule has 0 atom stereocenters. The molecule has 0 aromatic heterocycles. The van der Waals surface area contributed by atoms with E-state index in [0.717, 1.165) is 29.7 Å². The number of nitro benzene ring substituents is 1. The molecule has 0 saturated heterocycles. The van der Waals surface area contributed by atoms with E-state index in [1.54, 1.807) is 29.2 Å². The fourth-order valence-electron chi connectivity index (χ4n) is 3.37. The van der Waals surface area contributed by atoms with Crippen LogP contribution in [0.15, 0.2) is 41.3 Å². The molecule has 0 bridgehead atoms. The van der Waals surface area contributed by atoms with Crippen molar-refractivity contribution >= 4 is 38.9 Å². The molecular formula is C20H22N2O6S2. The second kappa shape index (κ2) is 9.05. The molecule has 10 heteroatoms. The molecule has 1 heterocycles. The van der Waals surface area contributed by atoms with Crippen LogP contribution in [0, 0.1) is 10.1 Å².